The van der Waals surface area contributed by atoms with Crippen LogP contribution in [0.1, 0.15) is 44.9 Å². The number of carbonyl (C=O) groups is 1. The van der Waals surface area contributed by atoms with Gasteiger partial charge in [-0.1, -0.05) is 6.42 Å². The minimum absolute atomic E-state index is 0.348. The molecule has 0 unspecified atom stereocenters. The second-order valence-electron chi connectivity index (χ2n) is 5.61. The van der Waals surface area contributed by atoms with Crippen LogP contribution in [0.4, 0.5) is 0 Å². The maximum absolute atomic E-state index is 10.6. The van der Waals surface area contributed by atoms with E-state index in [0.29, 0.717) is 12.3 Å². The van der Waals surface area contributed by atoms with Gasteiger partial charge < -0.3 is 10.8 Å². The molecule has 0 aromatic rings. The van der Waals surface area contributed by atoms with Gasteiger partial charge in [0.1, 0.15) is 0 Å². The molecule has 0 aromatic heterocycles. The van der Waals surface area contributed by atoms with E-state index in [9.17, 15) is 4.79 Å². The molecule has 2 saturated carbocycles. The third kappa shape index (κ3) is 2.57. The van der Waals surface area contributed by atoms with Crippen LogP contribution in [0.3, 0.4) is 0 Å². The predicted octanol–water partition coefficient (Wildman–Crippen LogP) is 2.25. The second-order valence-corrected chi connectivity index (χ2v) is 5.61. The Morgan fingerprint density at radius 1 is 1.19 bits per heavy atom. The van der Waals surface area contributed by atoms with Gasteiger partial charge >= 0.3 is 5.97 Å². The maximum atomic E-state index is 10.6. The Kier molecular flexibility index (Phi) is 3.85. The lowest BCUT2D eigenvalue weighted by Crippen LogP contribution is -2.23. The van der Waals surface area contributed by atoms with E-state index in [1.54, 1.807) is 0 Å². The van der Waals surface area contributed by atoms with Gasteiger partial charge in [-0.25, -0.2) is 0 Å². The van der Waals surface area contributed by atoms with E-state index in [1.165, 1.54) is 25.7 Å². The molecule has 3 nitrogen and oxygen atoms in total. The van der Waals surface area contributed by atoms with Crippen molar-refractivity contribution >= 4 is 5.97 Å². The predicted molar refractivity (Wildman–Crippen MR) is 63.0 cm³/mol. The number of rotatable bonds is 5. The summed E-state index contributed by atoms with van der Waals surface area (Å²) in [5.41, 5.74) is 5.66. The van der Waals surface area contributed by atoms with Gasteiger partial charge in [0, 0.05) is 6.42 Å². The van der Waals surface area contributed by atoms with E-state index in [2.05, 4.69) is 0 Å². The largest absolute Gasteiger partial charge is 0.481 e. The average Bonchev–Trinajstić information content (AvgIpc) is 2.56. The van der Waals surface area contributed by atoms with E-state index in [4.69, 9.17) is 10.8 Å². The van der Waals surface area contributed by atoms with E-state index in [0.717, 1.165) is 37.1 Å². The highest BCUT2D eigenvalue weighted by Gasteiger charge is 2.41. The van der Waals surface area contributed by atoms with Crippen LogP contribution in [-0.2, 0) is 4.79 Å². The zero-order chi connectivity index (χ0) is 11.5. The van der Waals surface area contributed by atoms with Gasteiger partial charge in [0.25, 0.3) is 0 Å². The molecule has 3 N–H and O–H groups in total. The first-order chi connectivity index (χ1) is 7.70. The summed E-state index contributed by atoms with van der Waals surface area (Å²) in [7, 11) is 0. The average molecular weight is 225 g/mol. The number of hydrogen-bond donors (Lipinski definition) is 2. The third-order valence-electron chi connectivity index (χ3n) is 4.66. The lowest BCUT2D eigenvalue weighted by molar-refractivity contribution is -0.137. The minimum Gasteiger partial charge on any atom is -0.481 e. The summed E-state index contributed by atoms with van der Waals surface area (Å²) in [6.45, 7) is 0.791. The highest BCUT2D eigenvalue weighted by atomic mass is 16.4. The summed E-state index contributed by atoms with van der Waals surface area (Å²) in [4.78, 5) is 10.6. The summed E-state index contributed by atoms with van der Waals surface area (Å²) in [5, 5.41) is 8.76. The Bertz CT molecular complexity index is 254. The number of nitrogens with two attached hydrogens (primary N) is 1. The van der Waals surface area contributed by atoms with Crippen molar-refractivity contribution in [1.82, 2.24) is 0 Å². The molecule has 0 saturated heterocycles. The van der Waals surface area contributed by atoms with Crippen LogP contribution in [0.2, 0.25) is 0 Å². The monoisotopic (exact) mass is 225 g/mol. The molecule has 0 aromatic carbocycles. The van der Waals surface area contributed by atoms with Crippen molar-refractivity contribution in [3.8, 4) is 0 Å². The molecule has 2 aliphatic carbocycles. The molecule has 92 valence electrons. The number of carboxylic acid groups (broad SMARTS) is 1. The van der Waals surface area contributed by atoms with Crippen molar-refractivity contribution in [2.75, 3.05) is 6.54 Å². The Morgan fingerprint density at radius 3 is 2.69 bits per heavy atom. The molecule has 0 radical (unpaired) electrons. The summed E-state index contributed by atoms with van der Waals surface area (Å²) in [5.74, 6) is 2.50. The molecule has 0 amide bonds. The zero-order valence-electron chi connectivity index (χ0n) is 9.90. The molecule has 3 heteroatoms. The van der Waals surface area contributed by atoms with Crippen LogP contribution >= 0.6 is 0 Å². The highest BCUT2D eigenvalue weighted by molar-refractivity contribution is 5.66. The van der Waals surface area contributed by atoms with Crippen LogP contribution in [0.25, 0.3) is 0 Å². The first-order valence-electron chi connectivity index (χ1n) is 6.62. The van der Waals surface area contributed by atoms with Crippen molar-refractivity contribution in [3.63, 3.8) is 0 Å². The Labute approximate surface area is 97.4 Å². The van der Waals surface area contributed by atoms with Crippen LogP contribution in [0.5, 0.6) is 0 Å². The first kappa shape index (κ1) is 11.9. The van der Waals surface area contributed by atoms with Gasteiger partial charge in [0.2, 0.25) is 0 Å². The summed E-state index contributed by atoms with van der Waals surface area (Å²) in [6.07, 6.45) is 7.64. The molecular formula is C13H23NO2. The molecule has 0 aliphatic heterocycles. The zero-order valence-corrected chi connectivity index (χ0v) is 9.90. The second kappa shape index (κ2) is 5.17. The van der Waals surface area contributed by atoms with Gasteiger partial charge in [-0.05, 0) is 62.3 Å². The number of fused-ring (bicyclic) bond motifs is 2. The topological polar surface area (TPSA) is 63.3 Å². The molecule has 16 heavy (non-hydrogen) atoms. The lowest BCUT2D eigenvalue weighted by Gasteiger charge is -2.31. The number of hydrogen-bond acceptors (Lipinski definition) is 2. The van der Waals surface area contributed by atoms with Crippen molar-refractivity contribution in [2.45, 2.75) is 44.9 Å². The normalized spacial score (nSPS) is 37.6. The maximum Gasteiger partial charge on any atom is 0.303 e. The van der Waals surface area contributed by atoms with Crippen LogP contribution in [0.15, 0.2) is 0 Å². The standard InChI is InChI=1S/C13H23NO2/c14-6-5-11-7-9-1-2-10(12(11)8-9)3-4-13(15)16/h9-12H,1-8,14H2,(H,15,16)/t9-,10+,11+,12+/m0/s1. The number of carboxylic acids is 1. The molecule has 4 atom stereocenters. The third-order valence-corrected chi connectivity index (χ3v) is 4.66. The highest BCUT2D eigenvalue weighted by Crippen LogP contribution is 2.51. The Morgan fingerprint density at radius 2 is 2.00 bits per heavy atom. The van der Waals surface area contributed by atoms with E-state index < -0.39 is 5.97 Å². The SMILES string of the molecule is NCC[C@@H]1C[C@@H]2CC[C@H](CCC(=O)O)[C@H]1C2. The molecule has 0 spiro atoms. The lowest BCUT2D eigenvalue weighted by atomic mass is 9.75. The van der Waals surface area contributed by atoms with E-state index >= 15 is 0 Å². The molecule has 0 heterocycles. The van der Waals surface area contributed by atoms with Crippen LogP contribution in [-0.4, -0.2) is 17.6 Å². The molecule has 2 rings (SSSR count). The summed E-state index contributed by atoms with van der Waals surface area (Å²) < 4.78 is 0. The van der Waals surface area contributed by atoms with Gasteiger partial charge in [-0.3, -0.25) is 4.79 Å². The molecule has 2 fully saturated rings. The van der Waals surface area contributed by atoms with Crippen molar-refractivity contribution in [2.24, 2.45) is 29.4 Å². The van der Waals surface area contributed by atoms with Crippen LogP contribution in [0, 0.1) is 23.7 Å². The smallest absolute Gasteiger partial charge is 0.303 e. The minimum atomic E-state index is -0.643. The Hall–Kier alpha value is -0.570. The fourth-order valence-corrected chi connectivity index (χ4v) is 3.97. The summed E-state index contributed by atoms with van der Waals surface area (Å²) >= 11 is 0. The van der Waals surface area contributed by atoms with Crippen LogP contribution < -0.4 is 5.73 Å². The summed E-state index contributed by atoms with van der Waals surface area (Å²) in [6, 6.07) is 0. The van der Waals surface area contributed by atoms with Gasteiger partial charge in [-0.15, -0.1) is 0 Å². The van der Waals surface area contributed by atoms with Gasteiger partial charge in [-0.2, -0.15) is 0 Å². The van der Waals surface area contributed by atoms with Crippen molar-refractivity contribution in [3.05, 3.63) is 0 Å². The molecule has 2 bridgehead atoms. The van der Waals surface area contributed by atoms with Gasteiger partial charge in [0.05, 0.1) is 0 Å². The quantitative estimate of drug-likeness (QED) is 0.754. The molecular weight excluding hydrogens is 202 g/mol. The Balaban J connectivity index is 1.90. The molecule has 2 aliphatic rings. The fourth-order valence-electron chi connectivity index (χ4n) is 3.97. The van der Waals surface area contributed by atoms with E-state index in [1.807, 2.05) is 0 Å². The first-order valence-corrected chi connectivity index (χ1v) is 6.62. The van der Waals surface area contributed by atoms with Crippen molar-refractivity contribution < 1.29 is 9.90 Å². The fraction of sp³-hybridized carbons (Fsp3) is 0.923. The van der Waals surface area contributed by atoms with Gasteiger partial charge in [0.15, 0.2) is 0 Å². The van der Waals surface area contributed by atoms with E-state index in [-0.39, 0.29) is 0 Å². The number of aliphatic carboxylic acids is 1. The van der Waals surface area contributed by atoms with Crippen molar-refractivity contribution in [1.29, 1.82) is 0 Å².